The summed E-state index contributed by atoms with van der Waals surface area (Å²) in [6.45, 7) is 3.01. The number of oxime groups is 1. The molecule has 0 atom stereocenters. The van der Waals surface area contributed by atoms with E-state index in [9.17, 15) is 4.79 Å². The van der Waals surface area contributed by atoms with Crippen molar-refractivity contribution < 1.29 is 9.63 Å². The lowest BCUT2D eigenvalue weighted by molar-refractivity contribution is -0.140. The number of benzene rings is 1. The summed E-state index contributed by atoms with van der Waals surface area (Å²) in [5, 5.41) is 3.73. The van der Waals surface area contributed by atoms with Gasteiger partial charge in [-0.25, -0.2) is 4.79 Å². The molecule has 0 spiro atoms. The fourth-order valence-corrected chi connectivity index (χ4v) is 1.53. The Kier molecular flexibility index (Phi) is 5.31. The number of nitrogens with zero attached hydrogens (tertiary/aromatic N) is 1. The van der Waals surface area contributed by atoms with Crippen LogP contribution in [0.5, 0.6) is 0 Å². The molecule has 0 N–H and O–H groups in total. The Morgan fingerprint density at radius 3 is 2.47 bits per heavy atom. The molecule has 0 amide bonds. The average molecular weight is 247 g/mol. The molecule has 0 aromatic heterocycles. The van der Waals surface area contributed by atoms with Crippen molar-refractivity contribution in [1.29, 1.82) is 0 Å². The monoisotopic (exact) mass is 247 g/mol. The SMILES string of the molecule is CC#C/C(=N\OC(C)=O)c1ccc(SC)cc1. The topological polar surface area (TPSA) is 38.7 Å². The molecule has 0 radical (unpaired) electrons. The molecule has 0 aliphatic rings. The van der Waals surface area contributed by atoms with Crippen molar-refractivity contribution in [2.45, 2.75) is 18.7 Å². The van der Waals surface area contributed by atoms with Crippen molar-refractivity contribution in [3.05, 3.63) is 29.8 Å². The van der Waals surface area contributed by atoms with Gasteiger partial charge in [-0.05, 0) is 31.2 Å². The van der Waals surface area contributed by atoms with Gasteiger partial charge in [0.05, 0.1) is 0 Å². The lowest BCUT2D eigenvalue weighted by Gasteiger charge is -2.00. The van der Waals surface area contributed by atoms with Gasteiger partial charge in [0, 0.05) is 17.4 Å². The highest BCUT2D eigenvalue weighted by Crippen LogP contribution is 2.15. The largest absolute Gasteiger partial charge is 0.332 e. The van der Waals surface area contributed by atoms with Gasteiger partial charge in [-0.1, -0.05) is 23.2 Å². The molecular formula is C13H13NO2S. The number of hydrogen-bond donors (Lipinski definition) is 0. The lowest BCUT2D eigenvalue weighted by Crippen LogP contribution is -2.01. The highest BCUT2D eigenvalue weighted by molar-refractivity contribution is 7.98. The molecule has 0 unspecified atom stereocenters. The quantitative estimate of drug-likeness (QED) is 0.271. The van der Waals surface area contributed by atoms with Crippen LogP contribution in [0.4, 0.5) is 0 Å². The maximum absolute atomic E-state index is 10.7. The summed E-state index contributed by atoms with van der Waals surface area (Å²) in [4.78, 5) is 16.5. The van der Waals surface area contributed by atoms with E-state index < -0.39 is 5.97 Å². The van der Waals surface area contributed by atoms with E-state index in [4.69, 9.17) is 0 Å². The number of carbonyl (C=O) groups is 1. The third-order valence-corrected chi connectivity index (χ3v) is 2.62. The zero-order chi connectivity index (χ0) is 12.7. The number of hydrogen-bond acceptors (Lipinski definition) is 4. The maximum Gasteiger partial charge on any atom is 0.332 e. The summed E-state index contributed by atoms with van der Waals surface area (Å²) in [6, 6.07) is 7.75. The fraction of sp³-hybridized carbons (Fsp3) is 0.231. The van der Waals surface area contributed by atoms with Crippen molar-refractivity contribution in [2.75, 3.05) is 6.26 Å². The Morgan fingerprint density at radius 1 is 1.35 bits per heavy atom. The molecule has 0 fully saturated rings. The van der Waals surface area contributed by atoms with E-state index >= 15 is 0 Å². The number of rotatable bonds is 3. The predicted octanol–water partition coefficient (Wildman–Crippen LogP) is 2.70. The molecule has 1 rings (SSSR count). The zero-order valence-corrected chi connectivity index (χ0v) is 10.8. The Morgan fingerprint density at radius 2 is 2.00 bits per heavy atom. The molecule has 0 aliphatic carbocycles. The summed E-state index contributed by atoms with van der Waals surface area (Å²) < 4.78 is 0. The minimum atomic E-state index is -0.457. The van der Waals surface area contributed by atoms with Gasteiger partial charge >= 0.3 is 5.97 Å². The second kappa shape index (κ2) is 6.77. The summed E-state index contributed by atoms with van der Waals surface area (Å²) >= 11 is 1.66. The van der Waals surface area contributed by atoms with Crippen LogP contribution < -0.4 is 0 Å². The van der Waals surface area contributed by atoms with Crippen molar-refractivity contribution in [3.8, 4) is 11.8 Å². The predicted molar refractivity (Wildman–Crippen MR) is 70.0 cm³/mol. The van der Waals surface area contributed by atoms with Crippen molar-refractivity contribution in [2.24, 2.45) is 5.16 Å². The summed E-state index contributed by atoms with van der Waals surface area (Å²) in [5.74, 6) is 5.09. The van der Waals surface area contributed by atoms with Crippen molar-refractivity contribution >= 4 is 23.4 Å². The van der Waals surface area contributed by atoms with Crippen LogP contribution >= 0.6 is 11.8 Å². The van der Waals surface area contributed by atoms with Gasteiger partial charge in [0.1, 0.15) is 0 Å². The van der Waals surface area contributed by atoms with Crippen LogP contribution in [0.3, 0.4) is 0 Å². The van der Waals surface area contributed by atoms with E-state index in [1.54, 1.807) is 18.7 Å². The summed E-state index contributed by atoms with van der Waals surface area (Å²) in [5.41, 5.74) is 1.29. The van der Waals surface area contributed by atoms with Crippen LogP contribution in [0.1, 0.15) is 19.4 Å². The number of thioether (sulfide) groups is 1. The molecule has 3 nitrogen and oxygen atoms in total. The van der Waals surface area contributed by atoms with Crippen LogP contribution in [0.25, 0.3) is 0 Å². The Bertz CT molecular complexity index is 480. The van der Waals surface area contributed by atoms with E-state index in [0.717, 1.165) is 10.5 Å². The second-order valence-corrected chi connectivity index (χ2v) is 4.01. The minimum absolute atomic E-state index is 0.454. The standard InChI is InChI=1S/C13H13NO2S/c1-4-5-13(14-16-10(2)15)11-6-8-12(17-3)9-7-11/h6-9H,1-3H3/b14-13+. The van der Waals surface area contributed by atoms with Crippen LogP contribution in [0.15, 0.2) is 34.3 Å². The molecule has 0 saturated carbocycles. The van der Waals surface area contributed by atoms with Crippen LogP contribution in [-0.2, 0) is 9.63 Å². The first-order valence-electron chi connectivity index (χ1n) is 5.00. The van der Waals surface area contributed by atoms with Gasteiger partial charge in [0.15, 0.2) is 5.71 Å². The summed E-state index contributed by atoms with van der Waals surface area (Å²) in [6.07, 6.45) is 2.01. The number of carbonyl (C=O) groups excluding carboxylic acids is 1. The highest BCUT2D eigenvalue weighted by Gasteiger charge is 2.02. The first-order valence-corrected chi connectivity index (χ1v) is 6.22. The van der Waals surface area contributed by atoms with Crippen LogP contribution in [0, 0.1) is 11.8 Å². The van der Waals surface area contributed by atoms with E-state index in [2.05, 4.69) is 21.8 Å². The fourth-order valence-electron chi connectivity index (χ4n) is 1.12. The molecule has 0 aliphatic heterocycles. The Labute approximate surface area is 105 Å². The van der Waals surface area contributed by atoms with Crippen molar-refractivity contribution in [3.63, 3.8) is 0 Å². The van der Waals surface area contributed by atoms with E-state index in [1.807, 2.05) is 30.5 Å². The normalized spacial score (nSPS) is 10.4. The van der Waals surface area contributed by atoms with E-state index in [-0.39, 0.29) is 0 Å². The zero-order valence-electron chi connectivity index (χ0n) is 9.98. The van der Waals surface area contributed by atoms with Crippen LogP contribution in [0.2, 0.25) is 0 Å². The highest BCUT2D eigenvalue weighted by atomic mass is 32.2. The smallest absolute Gasteiger partial charge is 0.317 e. The van der Waals surface area contributed by atoms with Gasteiger partial charge < -0.3 is 4.84 Å². The van der Waals surface area contributed by atoms with Crippen molar-refractivity contribution in [1.82, 2.24) is 0 Å². The second-order valence-electron chi connectivity index (χ2n) is 3.13. The Hall–Kier alpha value is -1.73. The van der Waals surface area contributed by atoms with E-state index in [1.165, 1.54) is 6.92 Å². The molecule has 1 aromatic rings. The van der Waals surface area contributed by atoms with Gasteiger partial charge in [-0.3, -0.25) is 0 Å². The third-order valence-electron chi connectivity index (χ3n) is 1.87. The molecule has 0 heterocycles. The summed E-state index contributed by atoms with van der Waals surface area (Å²) in [7, 11) is 0. The minimum Gasteiger partial charge on any atom is -0.317 e. The maximum atomic E-state index is 10.7. The third kappa shape index (κ3) is 4.33. The van der Waals surface area contributed by atoms with Gasteiger partial charge in [-0.2, -0.15) is 0 Å². The van der Waals surface area contributed by atoms with Gasteiger partial charge in [0.25, 0.3) is 0 Å². The molecule has 0 saturated heterocycles. The molecule has 0 bridgehead atoms. The van der Waals surface area contributed by atoms with Crippen LogP contribution in [-0.4, -0.2) is 17.9 Å². The first-order chi connectivity index (χ1) is 8.17. The Balaban J connectivity index is 2.99. The first kappa shape index (κ1) is 13.3. The molecule has 4 heteroatoms. The molecule has 1 aromatic carbocycles. The molecule has 88 valence electrons. The van der Waals surface area contributed by atoms with Gasteiger partial charge in [0.2, 0.25) is 0 Å². The van der Waals surface area contributed by atoms with Gasteiger partial charge in [-0.15, -0.1) is 11.8 Å². The average Bonchev–Trinajstić information content (AvgIpc) is 2.34. The lowest BCUT2D eigenvalue weighted by atomic mass is 10.1. The van der Waals surface area contributed by atoms with E-state index in [0.29, 0.717) is 5.71 Å². The molecule has 17 heavy (non-hydrogen) atoms. The molecular weight excluding hydrogens is 234 g/mol.